The molecule has 1 atom stereocenters. The summed E-state index contributed by atoms with van der Waals surface area (Å²) in [5.41, 5.74) is 8.59. The van der Waals surface area contributed by atoms with Gasteiger partial charge in [-0.3, -0.25) is 9.59 Å². The fourth-order valence-corrected chi connectivity index (χ4v) is 3.70. The van der Waals surface area contributed by atoms with E-state index in [1.54, 1.807) is 0 Å². The fraction of sp³-hybridized carbons (Fsp3) is 0.217. The molecular formula is C23H23BrClN3O3. The van der Waals surface area contributed by atoms with Crippen molar-refractivity contribution in [3.05, 3.63) is 68.8 Å². The Balaban J connectivity index is 1.76. The minimum atomic E-state index is -1.01. The van der Waals surface area contributed by atoms with Crippen LogP contribution >= 0.6 is 27.5 Å². The molecule has 162 valence electrons. The van der Waals surface area contributed by atoms with Crippen molar-refractivity contribution in [2.75, 3.05) is 6.54 Å². The van der Waals surface area contributed by atoms with E-state index in [0.717, 1.165) is 20.9 Å². The van der Waals surface area contributed by atoms with Crippen LogP contribution in [0, 0.1) is 0 Å². The Morgan fingerprint density at radius 1 is 1.16 bits per heavy atom. The van der Waals surface area contributed by atoms with Crippen molar-refractivity contribution in [2.45, 2.75) is 25.3 Å². The van der Waals surface area contributed by atoms with Crippen molar-refractivity contribution in [1.29, 1.82) is 0 Å². The van der Waals surface area contributed by atoms with Crippen LogP contribution in [0.1, 0.15) is 40.9 Å². The number of carbonyl (C=O) groups excluding carboxylic acids is 1. The van der Waals surface area contributed by atoms with Crippen LogP contribution in [0.15, 0.2) is 46.9 Å². The van der Waals surface area contributed by atoms with E-state index in [1.807, 2.05) is 54.6 Å². The Morgan fingerprint density at radius 2 is 1.90 bits per heavy atom. The highest BCUT2D eigenvalue weighted by molar-refractivity contribution is 9.10. The number of nitrogens with one attached hydrogen (secondary N) is 2. The fourth-order valence-electron chi connectivity index (χ4n) is 3.22. The van der Waals surface area contributed by atoms with Crippen molar-refractivity contribution in [3.63, 3.8) is 0 Å². The maximum Gasteiger partial charge on any atom is 0.320 e. The van der Waals surface area contributed by atoms with E-state index < -0.39 is 12.0 Å². The number of benzene rings is 2. The molecule has 3 rings (SSSR count). The van der Waals surface area contributed by atoms with E-state index in [1.165, 1.54) is 0 Å². The number of nitrogens with two attached hydrogens (primary N) is 1. The van der Waals surface area contributed by atoms with Crippen LogP contribution in [0.25, 0.3) is 23.1 Å². The minimum absolute atomic E-state index is 0.188. The van der Waals surface area contributed by atoms with Gasteiger partial charge in [0.25, 0.3) is 5.91 Å². The van der Waals surface area contributed by atoms with Crippen LogP contribution in [-0.2, 0) is 4.79 Å². The summed E-state index contributed by atoms with van der Waals surface area (Å²) in [7, 11) is 0. The molecule has 1 amide bonds. The largest absolute Gasteiger partial charge is 0.480 e. The maximum atomic E-state index is 13.0. The Hall–Kier alpha value is -2.61. The Labute approximate surface area is 193 Å². The van der Waals surface area contributed by atoms with Crippen molar-refractivity contribution in [3.8, 4) is 0 Å². The molecule has 6 nitrogen and oxygen atoms in total. The summed E-state index contributed by atoms with van der Waals surface area (Å²) < 4.78 is 0.913. The lowest BCUT2D eigenvalue weighted by Gasteiger charge is -2.08. The van der Waals surface area contributed by atoms with Crippen molar-refractivity contribution in [2.24, 2.45) is 5.73 Å². The third-order valence-electron chi connectivity index (χ3n) is 4.87. The molecule has 1 aromatic heterocycles. The van der Waals surface area contributed by atoms with Gasteiger partial charge in [0.15, 0.2) is 0 Å². The summed E-state index contributed by atoms with van der Waals surface area (Å²) in [4.78, 5) is 27.1. The number of unbranched alkanes of at least 4 members (excludes halogenated alkanes) is 1. The molecule has 0 saturated heterocycles. The third-order valence-corrected chi connectivity index (χ3v) is 5.62. The van der Waals surface area contributed by atoms with Gasteiger partial charge < -0.3 is 21.1 Å². The molecule has 8 heteroatoms. The number of rotatable bonds is 9. The van der Waals surface area contributed by atoms with E-state index in [2.05, 4.69) is 26.2 Å². The minimum Gasteiger partial charge on any atom is -0.480 e. The number of amides is 1. The van der Waals surface area contributed by atoms with E-state index in [0.29, 0.717) is 42.1 Å². The molecule has 1 heterocycles. The van der Waals surface area contributed by atoms with Gasteiger partial charge in [0, 0.05) is 26.9 Å². The van der Waals surface area contributed by atoms with Gasteiger partial charge in [-0.1, -0.05) is 51.8 Å². The maximum absolute atomic E-state index is 13.0. The number of carboxylic acids is 1. The average molecular weight is 505 g/mol. The number of hydrogen-bond acceptors (Lipinski definition) is 3. The smallest absolute Gasteiger partial charge is 0.320 e. The van der Waals surface area contributed by atoms with Gasteiger partial charge in [-0.2, -0.15) is 0 Å². The van der Waals surface area contributed by atoms with E-state index in [9.17, 15) is 9.59 Å². The molecule has 0 aliphatic rings. The molecule has 0 aliphatic heterocycles. The third kappa shape index (κ3) is 6.19. The van der Waals surface area contributed by atoms with Crippen LogP contribution in [0.2, 0.25) is 5.02 Å². The first-order chi connectivity index (χ1) is 14.8. The van der Waals surface area contributed by atoms with Gasteiger partial charge in [0.1, 0.15) is 6.04 Å². The first-order valence-corrected chi connectivity index (χ1v) is 11.0. The van der Waals surface area contributed by atoms with Gasteiger partial charge >= 0.3 is 5.97 Å². The molecule has 0 unspecified atom stereocenters. The zero-order chi connectivity index (χ0) is 22.4. The van der Waals surface area contributed by atoms with Gasteiger partial charge in [-0.25, -0.2) is 0 Å². The van der Waals surface area contributed by atoms with Crippen LogP contribution in [-0.4, -0.2) is 34.6 Å². The zero-order valence-corrected chi connectivity index (χ0v) is 19.0. The molecule has 0 aliphatic carbocycles. The second-order valence-corrected chi connectivity index (χ2v) is 8.54. The van der Waals surface area contributed by atoms with Crippen molar-refractivity contribution in [1.82, 2.24) is 10.3 Å². The average Bonchev–Trinajstić information content (AvgIpc) is 3.10. The zero-order valence-electron chi connectivity index (χ0n) is 16.7. The van der Waals surface area contributed by atoms with Crippen molar-refractivity contribution < 1.29 is 14.7 Å². The van der Waals surface area contributed by atoms with Crippen LogP contribution in [0.5, 0.6) is 0 Å². The van der Waals surface area contributed by atoms with E-state index in [-0.39, 0.29) is 5.91 Å². The molecule has 0 bridgehead atoms. The molecule has 0 spiro atoms. The lowest BCUT2D eigenvalue weighted by molar-refractivity contribution is -0.138. The highest BCUT2D eigenvalue weighted by atomic mass is 79.9. The highest BCUT2D eigenvalue weighted by Crippen LogP contribution is 2.27. The number of hydrogen-bond donors (Lipinski definition) is 4. The summed E-state index contributed by atoms with van der Waals surface area (Å²) in [6.45, 7) is 0.439. The van der Waals surface area contributed by atoms with Gasteiger partial charge in [0.05, 0.1) is 11.3 Å². The summed E-state index contributed by atoms with van der Waals surface area (Å²) in [5, 5.41) is 13.3. The van der Waals surface area contributed by atoms with Gasteiger partial charge in [0.2, 0.25) is 0 Å². The number of halogens is 2. The summed E-state index contributed by atoms with van der Waals surface area (Å²) >= 11 is 9.41. The monoisotopic (exact) mass is 503 g/mol. The molecule has 2 aromatic carbocycles. The Bertz CT molecular complexity index is 1110. The number of aliphatic carboxylic acids is 1. The van der Waals surface area contributed by atoms with Crippen molar-refractivity contribution >= 4 is 62.5 Å². The molecule has 0 radical (unpaired) electrons. The van der Waals surface area contributed by atoms with Crippen LogP contribution in [0.3, 0.4) is 0 Å². The van der Waals surface area contributed by atoms with Crippen LogP contribution in [0.4, 0.5) is 0 Å². The summed E-state index contributed by atoms with van der Waals surface area (Å²) in [6.07, 6.45) is 5.44. The Morgan fingerprint density at radius 3 is 2.61 bits per heavy atom. The standard InChI is InChI=1S/C23H23BrClN3O3/c24-15-7-10-17-20(13-15)28-19(11-6-14-4-8-16(25)9-5-14)21(17)22(29)27-12-2-1-3-18(26)23(30)31/h4-11,13,18,28H,1-3,12,26H2,(H,27,29)(H,30,31)/t18-/m0/s1. The van der Waals surface area contributed by atoms with Gasteiger partial charge in [-0.05, 0) is 55.2 Å². The number of H-pyrrole nitrogens is 1. The van der Waals surface area contributed by atoms with Gasteiger partial charge in [-0.15, -0.1) is 0 Å². The van der Waals surface area contributed by atoms with Crippen LogP contribution < -0.4 is 11.1 Å². The second-order valence-electron chi connectivity index (χ2n) is 7.18. The second kappa shape index (κ2) is 10.6. The molecule has 5 N–H and O–H groups in total. The number of fused-ring (bicyclic) bond motifs is 1. The highest BCUT2D eigenvalue weighted by Gasteiger charge is 2.17. The summed E-state index contributed by atoms with van der Waals surface area (Å²) in [5.74, 6) is -1.20. The predicted molar refractivity (Wildman–Crippen MR) is 128 cm³/mol. The molecule has 31 heavy (non-hydrogen) atoms. The van der Waals surface area contributed by atoms with E-state index >= 15 is 0 Å². The number of carbonyl (C=O) groups is 2. The molecule has 0 saturated carbocycles. The first kappa shape index (κ1) is 23.1. The lowest BCUT2D eigenvalue weighted by atomic mass is 10.1. The first-order valence-electron chi connectivity index (χ1n) is 9.86. The van der Waals surface area contributed by atoms with E-state index in [4.69, 9.17) is 22.4 Å². The quantitative estimate of drug-likeness (QED) is 0.305. The summed E-state index contributed by atoms with van der Waals surface area (Å²) in [6, 6.07) is 12.3. The number of carboxylic acid groups (broad SMARTS) is 1. The molecule has 0 fully saturated rings. The lowest BCUT2D eigenvalue weighted by Crippen LogP contribution is -2.30. The number of aromatic nitrogens is 1. The topological polar surface area (TPSA) is 108 Å². The Kier molecular flexibility index (Phi) is 7.90. The molecule has 3 aromatic rings. The SMILES string of the molecule is N[C@@H](CCCCNC(=O)c1c(C=Cc2ccc(Cl)cc2)[nH]c2cc(Br)ccc12)C(=O)O. The predicted octanol–water partition coefficient (Wildman–Crippen LogP) is 5.07. The normalized spacial score (nSPS) is 12.4. The number of aromatic amines is 1. The molecular weight excluding hydrogens is 482 g/mol.